The van der Waals surface area contributed by atoms with E-state index in [0.717, 1.165) is 24.5 Å². The van der Waals surface area contributed by atoms with E-state index < -0.39 is 0 Å². The van der Waals surface area contributed by atoms with Crippen molar-refractivity contribution in [1.82, 2.24) is 15.3 Å². The second-order valence-electron chi connectivity index (χ2n) is 3.96. The smallest absolute Gasteiger partial charge is 0.239 e. The van der Waals surface area contributed by atoms with Crippen LogP contribution in [0.2, 0.25) is 0 Å². The summed E-state index contributed by atoms with van der Waals surface area (Å²) in [5.41, 5.74) is 3.24. The molecule has 0 atom stereocenters. The molecule has 1 amide bonds. The fourth-order valence-corrected chi connectivity index (χ4v) is 1.78. The van der Waals surface area contributed by atoms with Crippen molar-refractivity contribution < 1.29 is 4.79 Å². The van der Waals surface area contributed by atoms with Gasteiger partial charge in [-0.2, -0.15) is 4.98 Å². The first-order chi connectivity index (χ1) is 8.19. The number of nitrogens with zero attached hydrogens (tertiary/aromatic N) is 3. The highest BCUT2D eigenvalue weighted by Gasteiger charge is 2.16. The molecule has 0 saturated carbocycles. The molecule has 0 unspecified atom stereocenters. The molecule has 1 aromatic rings. The van der Waals surface area contributed by atoms with Gasteiger partial charge in [0.25, 0.3) is 0 Å². The number of hydrogen-bond acceptors (Lipinski definition) is 6. The van der Waals surface area contributed by atoms with Crippen LogP contribution in [-0.2, 0) is 4.79 Å². The number of amides is 1. The van der Waals surface area contributed by atoms with E-state index in [0.29, 0.717) is 19.0 Å². The lowest BCUT2D eigenvalue weighted by atomic mass is 10.3. The zero-order chi connectivity index (χ0) is 12.3. The summed E-state index contributed by atoms with van der Waals surface area (Å²) in [6.45, 7) is 3.69. The van der Waals surface area contributed by atoms with Crippen LogP contribution in [0.5, 0.6) is 0 Å². The summed E-state index contributed by atoms with van der Waals surface area (Å²) in [7, 11) is 0. The molecule has 0 aliphatic carbocycles. The lowest BCUT2D eigenvalue weighted by molar-refractivity contribution is -0.119. The number of nitrogens with two attached hydrogens (primary N) is 1. The molecule has 17 heavy (non-hydrogen) atoms. The number of hydrogen-bond donors (Lipinski definition) is 3. The number of carbonyl (C=O) groups is 1. The maximum Gasteiger partial charge on any atom is 0.239 e. The number of hydrazine groups is 1. The molecule has 1 aromatic heterocycles. The van der Waals surface area contributed by atoms with Crippen LogP contribution < -0.4 is 21.5 Å². The van der Waals surface area contributed by atoms with Crippen LogP contribution in [0.4, 0.5) is 11.8 Å². The normalized spacial score (nSPS) is 16.4. The SMILES string of the molecule is Cc1cc(N2CCCNC(=O)C2)nc(NN)n1. The molecule has 4 N–H and O–H groups in total. The number of carbonyl (C=O) groups excluding carboxylic acids is 1. The zero-order valence-corrected chi connectivity index (χ0v) is 9.73. The molecular formula is C10H16N6O. The van der Waals surface area contributed by atoms with Crippen molar-refractivity contribution in [2.75, 3.05) is 30.0 Å². The number of aromatic nitrogens is 2. The minimum atomic E-state index is 0.0148. The van der Waals surface area contributed by atoms with Crippen molar-refractivity contribution >= 4 is 17.7 Å². The first kappa shape index (κ1) is 11.6. The van der Waals surface area contributed by atoms with E-state index in [-0.39, 0.29) is 5.91 Å². The zero-order valence-electron chi connectivity index (χ0n) is 9.73. The summed E-state index contributed by atoms with van der Waals surface area (Å²) in [5.74, 6) is 6.41. The Morgan fingerprint density at radius 3 is 3.12 bits per heavy atom. The standard InChI is InChI=1S/C10H16N6O/c1-7-5-8(14-10(13-7)15-11)16-4-2-3-12-9(17)6-16/h5H,2-4,6,11H2,1H3,(H,12,17)(H,13,14,15). The first-order valence-electron chi connectivity index (χ1n) is 5.53. The predicted molar refractivity (Wildman–Crippen MR) is 64.4 cm³/mol. The molecule has 0 aromatic carbocycles. The summed E-state index contributed by atoms with van der Waals surface area (Å²) >= 11 is 0. The van der Waals surface area contributed by atoms with Crippen LogP contribution in [0.25, 0.3) is 0 Å². The molecule has 2 heterocycles. The molecule has 1 fully saturated rings. The second-order valence-corrected chi connectivity index (χ2v) is 3.96. The quantitative estimate of drug-likeness (QED) is 0.468. The Balaban J connectivity index is 2.25. The van der Waals surface area contributed by atoms with Gasteiger partial charge in [-0.1, -0.05) is 0 Å². The van der Waals surface area contributed by atoms with Gasteiger partial charge < -0.3 is 10.2 Å². The van der Waals surface area contributed by atoms with Gasteiger partial charge in [-0.15, -0.1) is 0 Å². The fraction of sp³-hybridized carbons (Fsp3) is 0.500. The molecule has 0 radical (unpaired) electrons. The molecule has 1 aliphatic heterocycles. The molecule has 92 valence electrons. The van der Waals surface area contributed by atoms with Crippen molar-refractivity contribution in [2.45, 2.75) is 13.3 Å². The Labute approximate surface area is 99.4 Å². The van der Waals surface area contributed by atoms with Gasteiger partial charge in [-0.25, -0.2) is 10.8 Å². The monoisotopic (exact) mass is 236 g/mol. The van der Waals surface area contributed by atoms with E-state index in [2.05, 4.69) is 20.7 Å². The van der Waals surface area contributed by atoms with Crippen molar-refractivity contribution in [2.24, 2.45) is 5.84 Å². The van der Waals surface area contributed by atoms with E-state index in [1.54, 1.807) is 0 Å². The number of nitrogens with one attached hydrogen (secondary N) is 2. The molecule has 7 nitrogen and oxygen atoms in total. The largest absolute Gasteiger partial charge is 0.354 e. The van der Waals surface area contributed by atoms with Gasteiger partial charge in [-0.05, 0) is 13.3 Å². The van der Waals surface area contributed by atoms with E-state index in [1.807, 2.05) is 17.9 Å². The number of rotatable bonds is 2. The van der Waals surface area contributed by atoms with Crippen molar-refractivity contribution in [3.8, 4) is 0 Å². The van der Waals surface area contributed by atoms with Crippen LogP contribution >= 0.6 is 0 Å². The van der Waals surface area contributed by atoms with E-state index >= 15 is 0 Å². The van der Waals surface area contributed by atoms with Crippen LogP contribution in [0.1, 0.15) is 12.1 Å². The van der Waals surface area contributed by atoms with Gasteiger partial charge in [0.15, 0.2) is 0 Å². The minimum absolute atomic E-state index is 0.0148. The van der Waals surface area contributed by atoms with Gasteiger partial charge in [0.05, 0.1) is 6.54 Å². The number of anilines is 2. The van der Waals surface area contributed by atoms with Gasteiger partial charge in [0.1, 0.15) is 5.82 Å². The van der Waals surface area contributed by atoms with Crippen molar-refractivity contribution in [3.63, 3.8) is 0 Å². The first-order valence-corrected chi connectivity index (χ1v) is 5.53. The van der Waals surface area contributed by atoms with Crippen LogP contribution in [0, 0.1) is 6.92 Å². The molecule has 2 rings (SSSR count). The van der Waals surface area contributed by atoms with Gasteiger partial charge >= 0.3 is 0 Å². The van der Waals surface area contributed by atoms with Gasteiger partial charge in [0, 0.05) is 24.8 Å². The Hall–Kier alpha value is -1.89. The van der Waals surface area contributed by atoms with Gasteiger partial charge in [0.2, 0.25) is 11.9 Å². The van der Waals surface area contributed by atoms with Gasteiger partial charge in [-0.3, -0.25) is 10.2 Å². The van der Waals surface area contributed by atoms with Crippen molar-refractivity contribution in [3.05, 3.63) is 11.8 Å². The lowest BCUT2D eigenvalue weighted by Gasteiger charge is -2.20. The Morgan fingerprint density at radius 1 is 1.53 bits per heavy atom. The topological polar surface area (TPSA) is 96.2 Å². The van der Waals surface area contributed by atoms with Crippen LogP contribution in [0.15, 0.2) is 6.07 Å². The van der Waals surface area contributed by atoms with E-state index in [1.165, 1.54) is 0 Å². The molecule has 7 heteroatoms. The number of aryl methyl sites for hydroxylation is 1. The molecule has 0 spiro atoms. The molecule has 1 aliphatic rings. The average molecular weight is 236 g/mol. The summed E-state index contributed by atoms with van der Waals surface area (Å²) in [5, 5.41) is 2.82. The third kappa shape index (κ3) is 2.82. The minimum Gasteiger partial charge on any atom is -0.354 e. The molecular weight excluding hydrogens is 220 g/mol. The maximum absolute atomic E-state index is 11.5. The highest BCUT2D eigenvalue weighted by molar-refractivity contribution is 5.81. The summed E-state index contributed by atoms with van der Waals surface area (Å²) < 4.78 is 0. The Bertz CT molecular complexity index is 421. The maximum atomic E-state index is 11.5. The Morgan fingerprint density at radius 2 is 2.35 bits per heavy atom. The van der Waals surface area contributed by atoms with E-state index in [4.69, 9.17) is 5.84 Å². The van der Waals surface area contributed by atoms with Crippen LogP contribution in [-0.4, -0.2) is 35.5 Å². The fourth-order valence-electron chi connectivity index (χ4n) is 1.78. The van der Waals surface area contributed by atoms with Crippen molar-refractivity contribution in [1.29, 1.82) is 0 Å². The second kappa shape index (κ2) is 4.96. The van der Waals surface area contributed by atoms with Crippen LogP contribution in [0.3, 0.4) is 0 Å². The summed E-state index contributed by atoms with van der Waals surface area (Å²) in [4.78, 5) is 21.8. The average Bonchev–Trinajstić information content (AvgIpc) is 2.53. The molecule has 1 saturated heterocycles. The third-order valence-corrected chi connectivity index (χ3v) is 2.56. The summed E-state index contributed by atoms with van der Waals surface area (Å²) in [6.07, 6.45) is 0.903. The lowest BCUT2D eigenvalue weighted by Crippen LogP contribution is -2.33. The highest BCUT2D eigenvalue weighted by Crippen LogP contribution is 2.15. The summed E-state index contributed by atoms with van der Waals surface area (Å²) in [6, 6.07) is 1.85. The number of nitrogen functional groups attached to an aromatic ring is 1. The predicted octanol–water partition coefficient (Wildman–Crippen LogP) is -0.603. The third-order valence-electron chi connectivity index (χ3n) is 2.56. The highest BCUT2D eigenvalue weighted by atomic mass is 16.2. The Kier molecular flexibility index (Phi) is 3.38. The molecule has 0 bridgehead atoms. The van der Waals surface area contributed by atoms with E-state index in [9.17, 15) is 4.79 Å².